The fraction of sp³-hybridized carbons (Fsp3) is 0.429. The van der Waals surface area contributed by atoms with Crippen LogP contribution in [0.1, 0.15) is 30.1 Å². The van der Waals surface area contributed by atoms with Gasteiger partial charge in [0, 0.05) is 12.1 Å². The molecule has 1 saturated heterocycles. The van der Waals surface area contributed by atoms with Gasteiger partial charge in [0.15, 0.2) is 9.84 Å². The van der Waals surface area contributed by atoms with Crippen LogP contribution in [0.2, 0.25) is 0 Å². The Morgan fingerprint density at radius 1 is 1.38 bits per heavy atom. The molecular weight excluding hydrogens is 294 g/mol. The summed E-state index contributed by atoms with van der Waals surface area (Å²) in [7, 11) is -3.39. The molecule has 114 valence electrons. The molecule has 1 fully saturated rings. The number of sulfone groups is 1. The van der Waals surface area contributed by atoms with E-state index in [1.807, 2.05) is 0 Å². The minimum absolute atomic E-state index is 0.0495. The van der Waals surface area contributed by atoms with Gasteiger partial charge in [-0.3, -0.25) is 4.79 Å². The number of likely N-dealkylation sites (tertiary alicyclic amines) is 1. The topological polar surface area (TPSA) is 91.8 Å². The average molecular weight is 311 g/mol. The molecule has 1 heterocycles. The summed E-state index contributed by atoms with van der Waals surface area (Å²) < 4.78 is 23.7. The summed E-state index contributed by atoms with van der Waals surface area (Å²) in [6.07, 6.45) is 1.06. The zero-order valence-corrected chi connectivity index (χ0v) is 12.5. The van der Waals surface area contributed by atoms with Crippen LogP contribution in [0, 0.1) is 0 Å². The number of hydrogen-bond acceptors (Lipinski definition) is 4. The first kappa shape index (κ1) is 15.5. The molecule has 6 nitrogen and oxygen atoms in total. The van der Waals surface area contributed by atoms with E-state index in [4.69, 9.17) is 5.11 Å². The quantitative estimate of drug-likeness (QED) is 0.901. The molecule has 0 bridgehead atoms. The van der Waals surface area contributed by atoms with Gasteiger partial charge in [-0.1, -0.05) is 13.0 Å². The van der Waals surface area contributed by atoms with E-state index in [9.17, 15) is 18.0 Å². The molecule has 1 N–H and O–H groups in total. The Labute approximate surface area is 123 Å². The molecule has 1 aromatic rings. The Morgan fingerprint density at radius 2 is 2.10 bits per heavy atom. The second-order valence-electron chi connectivity index (χ2n) is 4.93. The van der Waals surface area contributed by atoms with Crippen molar-refractivity contribution in [3.63, 3.8) is 0 Å². The van der Waals surface area contributed by atoms with Gasteiger partial charge in [-0.2, -0.15) is 0 Å². The van der Waals surface area contributed by atoms with Crippen LogP contribution in [0.25, 0.3) is 0 Å². The van der Waals surface area contributed by atoms with Crippen molar-refractivity contribution in [1.82, 2.24) is 4.90 Å². The first-order chi connectivity index (χ1) is 9.86. The van der Waals surface area contributed by atoms with Gasteiger partial charge in [0.1, 0.15) is 6.04 Å². The molecule has 1 atom stereocenters. The van der Waals surface area contributed by atoms with Crippen LogP contribution < -0.4 is 0 Å². The van der Waals surface area contributed by atoms with Crippen LogP contribution in [0.4, 0.5) is 0 Å². The van der Waals surface area contributed by atoms with Crippen molar-refractivity contribution < 1.29 is 23.1 Å². The Bertz CT molecular complexity index is 668. The summed E-state index contributed by atoms with van der Waals surface area (Å²) in [5.41, 5.74) is 0.206. The second kappa shape index (κ2) is 5.85. The Morgan fingerprint density at radius 3 is 2.71 bits per heavy atom. The molecule has 1 unspecified atom stereocenters. The standard InChI is InChI=1S/C14H17NO5S/c1-2-21(19,20)11-6-3-5-10(9-11)13(16)15-8-4-7-12(15)14(17)18/h3,5-6,9,12H,2,4,7-8H2,1H3,(H,17,18). The molecule has 1 aliphatic rings. The normalized spacial score (nSPS) is 18.7. The van der Waals surface area contributed by atoms with Crippen molar-refractivity contribution >= 4 is 21.7 Å². The van der Waals surface area contributed by atoms with Crippen LogP contribution in [0.5, 0.6) is 0 Å². The molecule has 7 heteroatoms. The smallest absolute Gasteiger partial charge is 0.326 e. The highest BCUT2D eigenvalue weighted by molar-refractivity contribution is 7.91. The zero-order valence-electron chi connectivity index (χ0n) is 11.7. The largest absolute Gasteiger partial charge is 0.480 e. The van der Waals surface area contributed by atoms with Crippen molar-refractivity contribution in [3.8, 4) is 0 Å². The molecule has 1 aromatic carbocycles. The van der Waals surface area contributed by atoms with Crippen molar-refractivity contribution in [2.75, 3.05) is 12.3 Å². The third kappa shape index (κ3) is 3.07. The number of carbonyl (C=O) groups excluding carboxylic acids is 1. The minimum Gasteiger partial charge on any atom is -0.480 e. The van der Waals surface area contributed by atoms with Crippen molar-refractivity contribution in [2.24, 2.45) is 0 Å². The fourth-order valence-electron chi connectivity index (χ4n) is 2.42. The molecule has 1 amide bonds. The maximum atomic E-state index is 12.4. The van der Waals surface area contributed by atoms with Gasteiger partial charge < -0.3 is 10.0 Å². The summed E-state index contributed by atoms with van der Waals surface area (Å²) in [6.45, 7) is 1.91. The van der Waals surface area contributed by atoms with Gasteiger partial charge in [0.05, 0.1) is 10.6 Å². The SMILES string of the molecule is CCS(=O)(=O)c1cccc(C(=O)N2CCCC2C(=O)O)c1. The van der Waals surface area contributed by atoms with Crippen LogP contribution in [-0.4, -0.2) is 48.6 Å². The van der Waals surface area contributed by atoms with E-state index >= 15 is 0 Å². The molecule has 0 aliphatic carbocycles. The predicted octanol–water partition coefficient (Wildman–Crippen LogP) is 1.17. The van der Waals surface area contributed by atoms with Gasteiger partial charge in [-0.25, -0.2) is 13.2 Å². The van der Waals surface area contributed by atoms with E-state index in [-0.39, 0.29) is 16.2 Å². The Balaban J connectivity index is 2.32. The molecule has 0 saturated carbocycles. The Kier molecular flexibility index (Phi) is 4.32. The molecule has 1 aliphatic heterocycles. The van der Waals surface area contributed by atoms with Crippen LogP contribution in [0.3, 0.4) is 0 Å². The maximum Gasteiger partial charge on any atom is 0.326 e. The zero-order chi connectivity index (χ0) is 15.6. The molecule has 2 rings (SSSR count). The van der Waals surface area contributed by atoms with Crippen LogP contribution >= 0.6 is 0 Å². The minimum atomic E-state index is -3.39. The first-order valence-corrected chi connectivity index (χ1v) is 8.38. The number of carboxylic acids is 1. The molecule has 21 heavy (non-hydrogen) atoms. The van der Waals surface area contributed by atoms with Gasteiger partial charge >= 0.3 is 5.97 Å². The van der Waals surface area contributed by atoms with E-state index in [1.165, 1.54) is 36.1 Å². The van der Waals surface area contributed by atoms with E-state index in [0.29, 0.717) is 19.4 Å². The molecule has 0 aromatic heterocycles. The summed E-state index contributed by atoms with van der Waals surface area (Å²) in [5, 5.41) is 9.11. The van der Waals surface area contributed by atoms with Gasteiger partial charge in [0.2, 0.25) is 0 Å². The fourth-order valence-corrected chi connectivity index (χ4v) is 3.35. The highest BCUT2D eigenvalue weighted by atomic mass is 32.2. The monoisotopic (exact) mass is 311 g/mol. The first-order valence-electron chi connectivity index (χ1n) is 6.73. The molecule has 0 radical (unpaired) electrons. The summed E-state index contributed by atoms with van der Waals surface area (Å²) in [5.74, 6) is -1.52. The van der Waals surface area contributed by atoms with Gasteiger partial charge in [-0.05, 0) is 31.0 Å². The second-order valence-corrected chi connectivity index (χ2v) is 7.20. The number of carboxylic acid groups (broad SMARTS) is 1. The van der Waals surface area contributed by atoms with Crippen LogP contribution in [0.15, 0.2) is 29.2 Å². The number of rotatable bonds is 4. The third-order valence-electron chi connectivity index (χ3n) is 3.62. The Hall–Kier alpha value is -1.89. The van der Waals surface area contributed by atoms with Gasteiger partial charge in [-0.15, -0.1) is 0 Å². The predicted molar refractivity (Wildman–Crippen MR) is 75.9 cm³/mol. The van der Waals surface area contributed by atoms with Crippen molar-refractivity contribution in [1.29, 1.82) is 0 Å². The van der Waals surface area contributed by atoms with E-state index in [0.717, 1.165) is 0 Å². The molecular formula is C14H17NO5S. The lowest BCUT2D eigenvalue weighted by atomic mass is 10.1. The van der Waals surface area contributed by atoms with Gasteiger partial charge in [0.25, 0.3) is 5.91 Å². The average Bonchev–Trinajstić information content (AvgIpc) is 2.96. The summed E-state index contributed by atoms with van der Waals surface area (Å²) in [6, 6.07) is 4.94. The number of hydrogen-bond donors (Lipinski definition) is 1. The van der Waals surface area contributed by atoms with Crippen molar-refractivity contribution in [3.05, 3.63) is 29.8 Å². The lowest BCUT2D eigenvalue weighted by molar-refractivity contribution is -0.141. The number of amides is 1. The number of benzene rings is 1. The van der Waals surface area contributed by atoms with E-state index in [2.05, 4.69) is 0 Å². The summed E-state index contributed by atoms with van der Waals surface area (Å²) >= 11 is 0. The number of carbonyl (C=O) groups is 2. The maximum absolute atomic E-state index is 12.4. The summed E-state index contributed by atoms with van der Waals surface area (Å²) in [4.78, 5) is 24.9. The third-order valence-corrected chi connectivity index (χ3v) is 5.35. The lowest BCUT2D eigenvalue weighted by Crippen LogP contribution is -2.40. The highest BCUT2D eigenvalue weighted by Crippen LogP contribution is 2.22. The van der Waals surface area contributed by atoms with E-state index < -0.39 is 27.8 Å². The van der Waals surface area contributed by atoms with Crippen LogP contribution in [-0.2, 0) is 14.6 Å². The number of nitrogens with zero attached hydrogens (tertiary/aromatic N) is 1. The lowest BCUT2D eigenvalue weighted by Gasteiger charge is -2.21. The van der Waals surface area contributed by atoms with E-state index in [1.54, 1.807) is 0 Å². The molecule has 0 spiro atoms. The van der Waals surface area contributed by atoms with Crippen molar-refractivity contribution in [2.45, 2.75) is 30.7 Å². The number of aliphatic carboxylic acids is 1. The highest BCUT2D eigenvalue weighted by Gasteiger charge is 2.34.